The van der Waals surface area contributed by atoms with E-state index < -0.39 is 17.3 Å². The maximum absolute atomic E-state index is 13.4. The number of piperidine rings is 1. The molecule has 2 aromatic heterocycles. The van der Waals surface area contributed by atoms with Gasteiger partial charge >= 0.3 is 6.18 Å². The number of rotatable bonds is 6. The summed E-state index contributed by atoms with van der Waals surface area (Å²) in [4.78, 5) is 25.3. The second-order valence-corrected chi connectivity index (χ2v) is 11.0. The van der Waals surface area contributed by atoms with Crippen molar-refractivity contribution in [3.8, 4) is 5.69 Å². The summed E-state index contributed by atoms with van der Waals surface area (Å²) in [5.41, 5.74) is -0.689. The second-order valence-electron chi connectivity index (χ2n) is 11.0. The van der Waals surface area contributed by atoms with Gasteiger partial charge in [-0.1, -0.05) is 6.07 Å². The van der Waals surface area contributed by atoms with Gasteiger partial charge < -0.3 is 15.3 Å². The van der Waals surface area contributed by atoms with Gasteiger partial charge in [0.05, 0.1) is 28.4 Å². The molecule has 0 atom stereocenters. The van der Waals surface area contributed by atoms with Gasteiger partial charge in [0.25, 0.3) is 0 Å². The third-order valence-electron chi connectivity index (χ3n) is 7.96. The Morgan fingerprint density at radius 1 is 1.16 bits per heavy atom. The van der Waals surface area contributed by atoms with Crippen molar-refractivity contribution in [1.29, 1.82) is 0 Å². The lowest BCUT2D eigenvalue weighted by Crippen LogP contribution is -2.62. The largest absolute Gasteiger partial charge is 0.416 e. The lowest BCUT2D eigenvalue weighted by molar-refractivity contribution is -0.137. The summed E-state index contributed by atoms with van der Waals surface area (Å²) in [5, 5.41) is 18.6. The summed E-state index contributed by atoms with van der Waals surface area (Å²) in [6.07, 6.45) is -0.335. The molecular weight excluding hydrogens is 499 g/mol. The third kappa shape index (κ3) is 4.82. The third-order valence-corrected chi connectivity index (χ3v) is 7.96. The number of hydrogen-bond donors (Lipinski definition) is 2. The van der Waals surface area contributed by atoms with Crippen molar-refractivity contribution in [2.75, 3.05) is 42.9 Å². The summed E-state index contributed by atoms with van der Waals surface area (Å²) < 4.78 is 41.5. The predicted octanol–water partition coefficient (Wildman–Crippen LogP) is 3.26. The molecule has 0 unspecified atom stereocenters. The fourth-order valence-corrected chi connectivity index (χ4v) is 5.41. The second kappa shape index (κ2) is 9.19. The molecule has 0 amide bonds. The van der Waals surface area contributed by atoms with Crippen LogP contribution in [-0.4, -0.2) is 79.9 Å². The monoisotopic (exact) mass is 529 g/mol. The van der Waals surface area contributed by atoms with E-state index in [0.29, 0.717) is 48.2 Å². The molecule has 1 saturated carbocycles. The smallest absolute Gasteiger partial charge is 0.390 e. The van der Waals surface area contributed by atoms with E-state index in [1.807, 2.05) is 6.92 Å². The molecule has 202 valence electrons. The van der Waals surface area contributed by atoms with E-state index >= 15 is 0 Å². The van der Waals surface area contributed by atoms with Crippen LogP contribution in [0.15, 0.2) is 30.5 Å². The van der Waals surface area contributed by atoms with Crippen LogP contribution in [-0.2, 0) is 11.0 Å². The summed E-state index contributed by atoms with van der Waals surface area (Å²) in [5.74, 6) is 1.50. The van der Waals surface area contributed by atoms with Crippen molar-refractivity contribution in [3.63, 3.8) is 0 Å². The van der Waals surface area contributed by atoms with Crippen molar-refractivity contribution < 1.29 is 23.1 Å². The zero-order chi connectivity index (χ0) is 26.7. The minimum atomic E-state index is -4.47. The van der Waals surface area contributed by atoms with Gasteiger partial charge in [0, 0.05) is 51.6 Å². The molecule has 1 aromatic carbocycles. The Hall–Kier alpha value is -3.25. The number of aromatic nitrogens is 4. The van der Waals surface area contributed by atoms with Gasteiger partial charge in [-0.3, -0.25) is 9.69 Å². The lowest BCUT2D eigenvalue weighted by Gasteiger charge is -2.49. The minimum Gasteiger partial charge on any atom is -0.390 e. The highest BCUT2D eigenvalue weighted by molar-refractivity contribution is 5.89. The van der Waals surface area contributed by atoms with Crippen LogP contribution in [0, 0.1) is 5.92 Å². The highest BCUT2D eigenvalue weighted by Crippen LogP contribution is 2.35. The molecule has 3 fully saturated rings. The number of aliphatic hydroxyl groups is 1. The van der Waals surface area contributed by atoms with Gasteiger partial charge in [-0.15, -0.1) is 0 Å². The first-order valence-corrected chi connectivity index (χ1v) is 13.0. The summed E-state index contributed by atoms with van der Waals surface area (Å²) in [7, 11) is 0. The summed E-state index contributed by atoms with van der Waals surface area (Å²) in [6.45, 7) is 5.60. The topological polar surface area (TPSA) is 99.4 Å². The van der Waals surface area contributed by atoms with Crippen molar-refractivity contribution in [2.45, 2.75) is 50.4 Å². The quantitative estimate of drug-likeness (QED) is 0.502. The van der Waals surface area contributed by atoms with Crippen LogP contribution >= 0.6 is 0 Å². The van der Waals surface area contributed by atoms with Gasteiger partial charge in [-0.05, 0) is 43.9 Å². The van der Waals surface area contributed by atoms with Crippen LogP contribution in [0.2, 0.25) is 0 Å². The molecule has 3 aromatic rings. The van der Waals surface area contributed by atoms with Crippen LogP contribution in [0.25, 0.3) is 16.7 Å². The molecule has 2 aliphatic heterocycles. The average Bonchev–Trinajstić information content (AvgIpc) is 3.25. The van der Waals surface area contributed by atoms with Crippen molar-refractivity contribution in [1.82, 2.24) is 24.6 Å². The zero-order valence-corrected chi connectivity index (χ0v) is 21.1. The number of halogens is 3. The maximum atomic E-state index is 13.4. The van der Waals surface area contributed by atoms with E-state index in [-0.39, 0.29) is 17.4 Å². The molecule has 0 bridgehead atoms. The normalized spacial score (nSPS) is 21.0. The molecule has 6 rings (SSSR count). The number of carbonyl (C=O) groups excluding carboxylic acids is 1. The number of benzene rings is 1. The van der Waals surface area contributed by atoms with E-state index in [1.165, 1.54) is 10.7 Å². The molecule has 1 aliphatic carbocycles. The number of fused-ring (bicyclic) bond motifs is 1. The SMILES string of the molecule is CC1(O)CCN(C2CN(c3nc(NCC4CC(=O)C4)nc4c3cnn4-c3cccc(C(F)(F)F)c3)C2)CC1. The first-order chi connectivity index (χ1) is 18.1. The van der Waals surface area contributed by atoms with Gasteiger partial charge in [-0.2, -0.15) is 28.2 Å². The fourth-order valence-electron chi connectivity index (χ4n) is 5.41. The zero-order valence-electron chi connectivity index (χ0n) is 21.1. The van der Waals surface area contributed by atoms with Gasteiger partial charge in [0.1, 0.15) is 11.6 Å². The molecule has 0 radical (unpaired) electrons. The van der Waals surface area contributed by atoms with E-state index in [9.17, 15) is 23.1 Å². The molecule has 4 heterocycles. The molecule has 12 heteroatoms. The van der Waals surface area contributed by atoms with Crippen molar-refractivity contribution in [3.05, 3.63) is 36.0 Å². The molecule has 0 spiro atoms. The molecule has 2 saturated heterocycles. The van der Waals surface area contributed by atoms with Crippen LogP contribution in [0.5, 0.6) is 0 Å². The fraction of sp³-hybridized carbons (Fsp3) is 0.538. The number of ketones is 1. The van der Waals surface area contributed by atoms with E-state index in [1.54, 1.807) is 12.3 Å². The predicted molar refractivity (Wildman–Crippen MR) is 135 cm³/mol. The number of carbonyl (C=O) groups is 1. The Morgan fingerprint density at radius 2 is 1.89 bits per heavy atom. The van der Waals surface area contributed by atoms with Crippen LogP contribution in [0.1, 0.15) is 38.2 Å². The Bertz CT molecular complexity index is 1350. The molecule has 9 nitrogen and oxygen atoms in total. The van der Waals surface area contributed by atoms with E-state index in [4.69, 9.17) is 4.98 Å². The summed E-state index contributed by atoms with van der Waals surface area (Å²) in [6, 6.07) is 5.36. The van der Waals surface area contributed by atoms with E-state index in [0.717, 1.165) is 51.2 Å². The Kier molecular flexibility index (Phi) is 6.06. The van der Waals surface area contributed by atoms with Crippen LogP contribution < -0.4 is 10.2 Å². The lowest BCUT2D eigenvalue weighted by atomic mass is 9.84. The van der Waals surface area contributed by atoms with Crippen LogP contribution in [0.4, 0.5) is 24.9 Å². The maximum Gasteiger partial charge on any atom is 0.416 e. The van der Waals surface area contributed by atoms with Crippen molar-refractivity contribution >= 4 is 28.6 Å². The van der Waals surface area contributed by atoms with E-state index in [2.05, 4.69) is 25.2 Å². The first kappa shape index (κ1) is 25.1. The number of alkyl halides is 3. The standard InChI is InChI=1S/C26H30F3N7O2/c1-25(38)5-7-34(8-6-25)19-14-35(15-19)22-21-13-31-36(18-4-2-3-17(11-18)26(27,28)29)23(21)33-24(32-22)30-12-16-9-20(37)10-16/h2-4,11,13,16,19,38H,5-10,12,14-15H2,1H3,(H,30,32,33). The molecule has 2 N–H and O–H groups in total. The van der Waals surface area contributed by atoms with Gasteiger partial charge in [-0.25, -0.2) is 4.68 Å². The molecular formula is C26H30F3N7O2. The van der Waals surface area contributed by atoms with Gasteiger partial charge in [0.2, 0.25) is 5.95 Å². The van der Waals surface area contributed by atoms with Gasteiger partial charge in [0.15, 0.2) is 5.65 Å². The minimum absolute atomic E-state index is 0.225. The molecule has 38 heavy (non-hydrogen) atoms. The highest BCUT2D eigenvalue weighted by Gasteiger charge is 2.38. The first-order valence-electron chi connectivity index (χ1n) is 13.0. The number of Topliss-reactive ketones (excluding diaryl/α,β-unsaturated/α-hetero) is 1. The van der Waals surface area contributed by atoms with Crippen molar-refractivity contribution in [2.24, 2.45) is 5.92 Å². The number of nitrogens with one attached hydrogen (secondary N) is 1. The number of likely N-dealkylation sites (tertiary alicyclic amines) is 1. The van der Waals surface area contributed by atoms with Crippen LogP contribution in [0.3, 0.4) is 0 Å². The Morgan fingerprint density at radius 3 is 2.58 bits per heavy atom. The average molecular weight is 530 g/mol. The Labute approximate surface area is 217 Å². The number of hydrogen-bond acceptors (Lipinski definition) is 8. The Balaban J connectivity index is 1.29. The molecule has 3 aliphatic rings. The highest BCUT2D eigenvalue weighted by atomic mass is 19.4. The summed E-state index contributed by atoms with van der Waals surface area (Å²) >= 11 is 0. The number of nitrogens with zero attached hydrogens (tertiary/aromatic N) is 6. The number of anilines is 2.